The predicted octanol–water partition coefficient (Wildman–Crippen LogP) is 3.94. The van der Waals surface area contributed by atoms with E-state index in [1.165, 1.54) is 5.56 Å². The minimum Gasteiger partial charge on any atom is -0.497 e. The normalized spacial score (nSPS) is 10.4. The van der Waals surface area contributed by atoms with Crippen LogP contribution in [0.1, 0.15) is 11.3 Å². The van der Waals surface area contributed by atoms with Gasteiger partial charge in [0.1, 0.15) is 12.0 Å². The van der Waals surface area contributed by atoms with Crippen molar-refractivity contribution in [1.82, 2.24) is 4.98 Å². The van der Waals surface area contributed by atoms with E-state index in [2.05, 4.69) is 17.1 Å². The van der Waals surface area contributed by atoms with Gasteiger partial charge in [-0.2, -0.15) is 0 Å². The monoisotopic (exact) mass is 265 g/mol. The first-order valence-corrected chi connectivity index (χ1v) is 6.48. The van der Waals surface area contributed by atoms with Crippen molar-refractivity contribution in [3.8, 4) is 17.2 Å². The lowest BCUT2D eigenvalue weighted by atomic mass is 10.1. The predicted molar refractivity (Wildman–Crippen MR) is 77.7 cm³/mol. The number of methoxy groups -OCH3 is 1. The van der Waals surface area contributed by atoms with E-state index < -0.39 is 0 Å². The second kappa shape index (κ2) is 5.61. The highest BCUT2D eigenvalue weighted by molar-refractivity contribution is 5.54. The number of oxazole rings is 1. The fraction of sp³-hybridized carbons (Fsp3) is 0.118. The van der Waals surface area contributed by atoms with E-state index in [0.29, 0.717) is 5.89 Å². The first-order chi connectivity index (χ1) is 9.85. The molecule has 0 fully saturated rings. The molecule has 0 amide bonds. The molecule has 100 valence electrons. The number of nitrogens with zero attached hydrogens (tertiary/aromatic N) is 1. The molecule has 2 aromatic carbocycles. The fourth-order valence-electron chi connectivity index (χ4n) is 2.06. The number of aromatic nitrogens is 1. The Balaban J connectivity index is 1.79. The van der Waals surface area contributed by atoms with Crippen LogP contribution in [0.5, 0.6) is 5.75 Å². The fourth-order valence-corrected chi connectivity index (χ4v) is 2.06. The summed E-state index contributed by atoms with van der Waals surface area (Å²) in [4.78, 5) is 4.52. The maximum absolute atomic E-state index is 5.54. The first kappa shape index (κ1) is 12.5. The zero-order valence-corrected chi connectivity index (χ0v) is 11.2. The van der Waals surface area contributed by atoms with Crippen LogP contribution >= 0.6 is 0 Å². The van der Waals surface area contributed by atoms with E-state index in [1.54, 1.807) is 13.4 Å². The molecule has 3 aromatic rings. The molecule has 3 heteroatoms. The van der Waals surface area contributed by atoms with Crippen LogP contribution in [0.3, 0.4) is 0 Å². The van der Waals surface area contributed by atoms with Gasteiger partial charge in [0.15, 0.2) is 0 Å². The summed E-state index contributed by atoms with van der Waals surface area (Å²) in [6, 6.07) is 17.9. The van der Waals surface area contributed by atoms with E-state index in [-0.39, 0.29) is 0 Å². The lowest BCUT2D eigenvalue weighted by Gasteiger charge is -1.99. The van der Waals surface area contributed by atoms with Crippen LogP contribution < -0.4 is 4.74 Å². The molecular formula is C17H15NO2. The summed E-state index contributed by atoms with van der Waals surface area (Å²) in [6.45, 7) is 0. The average molecular weight is 265 g/mol. The van der Waals surface area contributed by atoms with Crippen LogP contribution in [0.2, 0.25) is 0 Å². The Labute approximate surface area is 117 Å². The van der Waals surface area contributed by atoms with Gasteiger partial charge in [-0.1, -0.05) is 30.3 Å². The van der Waals surface area contributed by atoms with E-state index >= 15 is 0 Å². The quantitative estimate of drug-likeness (QED) is 0.716. The van der Waals surface area contributed by atoms with Gasteiger partial charge in [0.05, 0.1) is 12.8 Å². The van der Waals surface area contributed by atoms with Crippen molar-refractivity contribution < 1.29 is 9.15 Å². The van der Waals surface area contributed by atoms with Gasteiger partial charge in [-0.05, 0) is 29.8 Å². The van der Waals surface area contributed by atoms with Gasteiger partial charge in [0, 0.05) is 12.0 Å². The smallest absolute Gasteiger partial charge is 0.226 e. The standard InChI is InChI=1S/C17H15NO2/c1-19-16-9-7-14(8-10-16)17-18-15(12-20-17)11-13-5-3-2-4-6-13/h2-10,12H,11H2,1H3. The van der Waals surface area contributed by atoms with Crippen LogP contribution in [0.4, 0.5) is 0 Å². The Morgan fingerprint density at radius 1 is 1.00 bits per heavy atom. The molecule has 20 heavy (non-hydrogen) atoms. The zero-order valence-electron chi connectivity index (χ0n) is 11.2. The minimum atomic E-state index is 0.638. The zero-order chi connectivity index (χ0) is 13.8. The molecule has 1 heterocycles. The highest BCUT2D eigenvalue weighted by Gasteiger charge is 2.07. The Morgan fingerprint density at radius 3 is 2.45 bits per heavy atom. The number of hydrogen-bond donors (Lipinski definition) is 0. The van der Waals surface area contributed by atoms with Crippen LogP contribution in [-0.2, 0) is 6.42 Å². The highest BCUT2D eigenvalue weighted by Crippen LogP contribution is 2.22. The molecule has 3 rings (SSSR count). The van der Waals surface area contributed by atoms with Crippen molar-refractivity contribution in [2.75, 3.05) is 7.11 Å². The Hall–Kier alpha value is -2.55. The summed E-state index contributed by atoms with van der Waals surface area (Å²) in [5.74, 6) is 1.46. The van der Waals surface area contributed by atoms with Crippen molar-refractivity contribution in [1.29, 1.82) is 0 Å². The first-order valence-electron chi connectivity index (χ1n) is 6.48. The molecular weight excluding hydrogens is 250 g/mol. The summed E-state index contributed by atoms with van der Waals surface area (Å²) >= 11 is 0. The molecule has 0 unspecified atom stereocenters. The van der Waals surface area contributed by atoms with Gasteiger partial charge in [-0.3, -0.25) is 0 Å². The third kappa shape index (κ3) is 2.72. The lowest BCUT2D eigenvalue weighted by Crippen LogP contribution is -1.88. The summed E-state index contributed by atoms with van der Waals surface area (Å²) in [5.41, 5.74) is 3.11. The van der Waals surface area contributed by atoms with Crippen LogP contribution in [0.25, 0.3) is 11.5 Å². The highest BCUT2D eigenvalue weighted by atomic mass is 16.5. The Bertz CT molecular complexity index is 672. The molecule has 0 spiro atoms. The SMILES string of the molecule is COc1ccc(-c2nc(Cc3ccccc3)co2)cc1. The summed E-state index contributed by atoms with van der Waals surface area (Å²) in [7, 11) is 1.65. The van der Waals surface area contributed by atoms with E-state index in [9.17, 15) is 0 Å². The van der Waals surface area contributed by atoms with Crippen molar-refractivity contribution in [2.24, 2.45) is 0 Å². The van der Waals surface area contributed by atoms with E-state index in [4.69, 9.17) is 9.15 Å². The van der Waals surface area contributed by atoms with Crippen LogP contribution in [-0.4, -0.2) is 12.1 Å². The maximum Gasteiger partial charge on any atom is 0.226 e. The van der Waals surface area contributed by atoms with E-state index in [0.717, 1.165) is 23.4 Å². The molecule has 0 atom stereocenters. The minimum absolute atomic E-state index is 0.638. The molecule has 0 aliphatic heterocycles. The average Bonchev–Trinajstić information content (AvgIpc) is 2.97. The third-order valence-corrected chi connectivity index (χ3v) is 3.12. The number of ether oxygens (including phenoxy) is 1. The Morgan fingerprint density at radius 2 is 1.75 bits per heavy atom. The summed E-state index contributed by atoms with van der Waals surface area (Å²) in [6.07, 6.45) is 2.49. The molecule has 3 nitrogen and oxygen atoms in total. The molecule has 0 aliphatic carbocycles. The van der Waals surface area contributed by atoms with Gasteiger partial charge < -0.3 is 9.15 Å². The van der Waals surface area contributed by atoms with Crippen molar-refractivity contribution >= 4 is 0 Å². The second-order valence-corrected chi connectivity index (χ2v) is 4.53. The third-order valence-electron chi connectivity index (χ3n) is 3.12. The van der Waals surface area contributed by atoms with Gasteiger partial charge >= 0.3 is 0 Å². The van der Waals surface area contributed by atoms with Crippen LogP contribution in [0.15, 0.2) is 65.3 Å². The second-order valence-electron chi connectivity index (χ2n) is 4.53. The molecule has 0 saturated heterocycles. The van der Waals surface area contributed by atoms with Crippen molar-refractivity contribution in [2.45, 2.75) is 6.42 Å². The molecule has 0 saturated carbocycles. The molecule has 0 radical (unpaired) electrons. The largest absolute Gasteiger partial charge is 0.497 e. The number of hydrogen-bond acceptors (Lipinski definition) is 3. The maximum atomic E-state index is 5.54. The number of rotatable bonds is 4. The topological polar surface area (TPSA) is 35.3 Å². The van der Waals surface area contributed by atoms with Gasteiger partial charge in [0.2, 0.25) is 5.89 Å². The molecule has 0 N–H and O–H groups in total. The lowest BCUT2D eigenvalue weighted by molar-refractivity contribution is 0.415. The summed E-state index contributed by atoms with van der Waals surface area (Å²) in [5, 5.41) is 0. The Kier molecular flexibility index (Phi) is 3.50. The van der Waals surface area contributed by atoms with Gasteiger partial charge in [-0.25, -0.2) is 4.98 Å². The van der Waals surface area contributed by atoms with Gasteiger partial charge in [-0.15, -0.1) is 0 Å². The summed E-state index contributed by atoms with van der Waals surface area (Å²) < 4.78 is 10.7. The van der Waals surface area contributed by atoms with Crippen molar-refractivity contribution in [3.05, 3.63) is 72.1 Å². The van der Waals surface area contributed by atoms with Crippen molar-refractivity contribution in [3.63, 3.8) is 0 Å². The molecule has 0 aliphatic rings. The van der Waals surface area contributed by atoms with E-state index in [1.807, 2.05) is 42.5 Å². The number of benzene rings is 2. The van der Waals surface area contributed by atoms with Crippen LogP contribution in [0, 0.1) is 0 Å². The molecule has 0 bridgehead atoms. The van der Waals surface area contributed by atoms with Gasteiger partial charge in [0.25, 0.3) is 0 Å². The molecule has 1 aromatic heterocycles.